The Balaban J connectivity index is 1.10. The Kier molecular flexibility index (Phi) is 12.6. The molecule has 12 rings (SSSR count). The standard InChI is InChI=1S/C59H56N6O9/c66-41-11-7-35(8-12-41)53-51(71-27-23-39-5-1-3-25-60-39)21-19-47(57(53)64-31-37-33-73-62-55(37)45-17-15-43(68)29-49(45)64)59(70)48-20-22-52(72-28-24-40-6-2-4-26-61-40)54(36-9-13-42(67)14-10-36)58(48)65-32-38-34-74-63-56(38)46-18-16-44(69)30-50(46)65/h7-22,29-30,33-34,39-40,60-61,66-69H,1-6,23-28,31-32H2. The molecule has 0 radical (unpaired) electrons. The van der Waals surface area contributed by atoms with E-state index < -0.39 is 0 Å². The highest BCUT2D eigenvalue weighted by atomic mass is 16.5. The van der Waals surface area contributed by atoms with Crippen LogP contribution >= 0.6 is 0 Å². The Morgan fingerprint density at radius 2 is 0.986 bits per heavy atom. The summed E-state index contributed by atoms with van der Waals surface area (Å²) in [6.45, 7) is 3.13. The number of hydrogen-bond donors (Lipinski definition) is 6. The Morgan fingerprint density at radius 3 is 1.41 bits per heavy atom. The van der Waals surface area contributed by atoms with E-state index in [9.17, 15) is 20.4 Å². The van der Waals surface area contributed by atoms with Gasteiger partial charge in [0.25, 0.3) is 0 Å². The number of rotatable bonds is 14. The normalized spacial score (nSPS) is 17.0. The van der Waals surface area contributed by atoms with E-state index in [1.165, 1.54) is 0 Å². The molecule has 0 aliphatic carbocycles. The summed E-state index contributed by atoms with van der Waals surface area (Å²) in [7, 11) is 0. The monoisotopic (exact) mass is 992 g/mol. The molecule has 2 saturated heterocycles. The molecule has 74 heavy (non-hydrogen) atoms. The first-order chi connectivity index (χ1) is 36.3. The number of benzene rings is 6. The second kappa shape index (κ2) is 20.0. The number of anilines is 4. The molecule has 4 aliphatic rings. The van der Waals surface area contributed by atoms with Crippen LogP contribution in [0, 0.1) is 0 Å². The third-order valence-electron chi connectivity index (χ3n) is 14.9. The Morgan fingerprint density at radius 1 is 0.554 bits per heavy atom. The lowest BCUT2D eigenvalue weighted by atomic mass is 9.88. The lowest BCUT2D eigenvalue weighted by Crippen LogP contribution is -2.35. The summed E-state index contributed by atoms with van der Waals surface area (Å²) in [6, 6.07) is 31.8. The average molecular weight is 993 g/mol. The summed E-state index contributed by atoms with van der Waals surface area (Å²) in [5, 5.41) is 59.8. The van der Waals surface area contributed by atoms with Crippen molar-refractivity contribution < 1.29 is 43.7 Å². The number of nitrogens with zero attached hydrogens (tertiary/aromatic N) is 4. The van der Waals surface area contributed by atoms with Crippen molar-refractivity contribution in [3.8, 4) is 79.3 Å². The number of fused-ring (bicyclic) bond motifs is 6. The molecule has 2 fully saturated rings. The minimum Gasteiger partial charge on any atom is -0.508 e. The Bertz CT molecular complexity index is 3140. The van der Waals surface area contributed by atoms with Crippen molar-refractivity contribution in [1.29, 1.82) is 0 Å². The second-order valence-corrected chi connectivity index (χ2v) is 19.6. The van der Waals surface area contributed by atoms with Gasteiger partial charge in [0.15, 0.2) is 5.78 Å². The second-order valence-electron chi connectivity index (χ2n) is 19.6. The zero-order valence-electron chi connectivity index (χ0n) is 40.7. The fourth-order valence-corrected chi connectivity index (χ4v) is 11.2. The van der Waals surface area contributed by atoms with E-state index in [1.807, 2.05) is 46.2 Å². The van der Waals surface area contributed by atoms with Gasteiger partial charge in [0.05, 0.1) is 49.1 Å². The summed E-state index contributed by atoms with van der Waals surface area (Å²) >= 11 is 0. The van der Waals surface area contributed by atoms with Gasteiger partial charge in [0.2, 0.25) is 0 Å². The quantitative estimate of drug-likeness (QED) is 0.0562. The van der Waals surface area contributed by atoms with Gasteiger partial charge < -0.3 is 59.4 Å². The molecule has 0 saturated carbocycles. The van der Waals surface area contributed by atoms with E-state index in [2.05, 4.69) is 20.9 Å². The molecule has 6 aromatic carbocycles. The minimum atomic E-state index is -0.360. The highest BCUT2D eigenvalue weighted by molar-refractivity contribution is 6.20. The SMILES string of the molecule is O=C(c1ccc(OCCC2CCCCN2)c(-c2ccc(O)cc2)c1N1Cc2conc2-c2ccc(O)cc21)c1ccc(OCCC2CCCCN2)c(-c2ccc(O)cc2)c1N1Cc2conc2-c2ccc(O)cc21. The van der Waals surface area contributed by atoms with Gasteiger partial charge in [-0.05, 0) is 136 Å². The van der Waals surface area contributed by atoms with E-state index in [4.69, 9.17) is 18.5 Å². The first-order valence-electron chi connectivity index (χ1n) is 25.5. The predicted molar refractivity (Wildman–Crippen MR) is 281 cm³/mol. The Hall–Kier alpha value is -8.27. The molecular weight excluding hydrogens is 937 g/mol. The minimum absolute atomic E-state index is 0.0166. The lowest BCUT2D eigenvalue weighted by Gasteiger charge is -2.36. The number of carbonyl (C=O) groups is 1. The number of hydrogen-bond acceptors (Lipinski definition) is 15. The predicted octanol–water partition coefficient (Wildman–Crippen LogP) is 11.5. The van der Waals surface area contributed by atoms with Gasteiger partial charge >= 0.3 is 0 Å². The number of carbonyl (C=O) groups excluding carboxylic acids is 1. The number of piperidine rings is 2. The molecule has 15 heteroatoms. The maximum absolute atomic E-state index is 16.7. The van der Waals surface area contributed by atoms with Crippen LogP contribution in [0.15, 0.2) is 131 Å². The van der Waals surface area contributed by atoms with Gasteiger partial charge in [-0.1, -0.05) is 47.4 Å². The number of ether oxygens (including phenoxy) is 2. The maximum Gasteiger partial charge on any atom is 0.197 e. The molecule has 376 valence electrons. The van der Waals surface area contributed by atoms with E-state index in [-0.39, 0.29) is 41.9 Å². The number of ketones is 1. The third-order valence-corrected chi connectivity index (χ3v) is 14.9. The van der Waals surface area contributed by atoms with Crippen LogP contribution in [0.5, 0.6) is 34.5 Å². The van der Waals surface area contributed by atoms with Gasteiger partial charge in [-0.15, -0.1) is 0 Å². The van der Waals surface area contributed by atoms with Crippen LogP contribution in [-0.2, 0) is 13.1 Å². The zero-order valence-corrected chi connectivity index (χ0v) is 40.7. The van der Waals surface area contributed by atoms with Crippen LogP contribution in [0.25, 0.3) is 44.8 Å². The van der Waals surface area contributed by atoms with Crippen molar-refractivity contribution in [3.05, 3.63) is 144 Å². The van der Waals surface area contributed by atoms with Crippen molar-refractivity contribution in [2.24, 2.45) is 0 Å². The summed E-state index contributed by atoms with van der Waals surface area (Å²) < 4.78 is 24.9. The van der Waals surface area contributed by atoms with Crippen molar-refractivity contribution in [3.63, 3.8) is 0 Å². The molecule has 8 aromatic rings. The van der Waals surface area contributed by atoms with Crippen LogP contribution in [-0.4, -0.2) is 74.9 Å². The van der Waals surface area contributed by atoms with Gasteiger partial charge in [-0.25, -0.2) is 0 Å². The van der Waals surface area contributed by atoms with Crippen LogP contribution in [0.4, 0.5) is 22.7 Å². The fraction of sp³-hybridized carbons (Fsp3) is 0.271. The molecule has 0 bridgehead atoms. The average Bonchev–Trinajstić information content (AvgIpc) is 4.12. The van der Waals surface area contributed by atoms with Crippen molar-refractivity contribution in [2.45, 2.75) is 76.5 Å². The third kappa shape index (κ3) is 8.91. The van der Waals surface area contributed by atoms with Crippen molar-refractivity contribution >= 4 is 28.5 Å². The zero-order chi connectivity index (χ0) is 50.3. The van der Waals surface area contributed by atoms with Crippen LogP contribution in [0.1, 0.15) is 78.4 Å². The van der Waals surface area contributed by atoms with Gasteiger partial charge in [0, 0.05) is 68.7 Å². The molecule has 6 N–H and O–H groups in total. The molecule has 2 atom stereocenters. The first kappa shape index (κ1) is 46.8. The van der Waals surface area contributed by atoms with E-state index >= 15 is 4.79 Å². The van der Waals surface area contributed by atoms with Crippen molar-refractivity contribution in [1.82, 2.24) is 20.9 Å². The number of nitrogens with one attached hydrogen (secondary N) is 2. The number of aromatic nitrogens is 2. The summed E-state index contributed by atoms with van der Waals surface area (Å²) in [5.41, 5.74) is 9.48. The van der Waals surface area contributed by atoms with Crippen LogP contribution < -0.4 is 29.9 Å². The molecular formula is C59H56N6O9. The smallest absolute Gasteiger partial charge is 0.197 e. The fourth-order valence-electron chi connectivity index (χ4n) is 11.2. The summed E-state index contributed by atoms with van der Waals surface area (Å²) in [6.07, 6.45) is 11.4. The molecule has 0 spiro atoms. The number of phenols is 4. The van der Waals surface area contributed by atoms with Gasteiger partial charge in [-0.3, -0.25) is 4.79 Å². The van der Waals surface area contributed by atoms with Crippen LogP contribution in [0.2, 0.25) is 0 Å². The maximum atomic E-state index is 16.7. The number of aromatic hydroxyl groups is 4. The van der Waals surface area contributed by atoms with Gasteiger partial charge in [-0.2, -0.15) is 0 Å². The van der Waals surface area contributed by atoms with E-state index in [0.29, 0.717) is 115 Å². The van der Waals surface area contributed by atoms with Crippen molar-refractivity contribution in [2.75, 3.05) is 36.1 Å². The lowest BCUT2D eigenvalue weighted by molar-refractivity contribution is 0.103. The molecule has 4 aliphatic heterocycles. The van der Waals surface area contributed by atoms with E-state index in [1.54, 1.807) is 85.3 Å². The highest BCUT2D eigenvalue weighted by Gasteiger charge is 2.37. The molecule has 6 heterocycles. The highest BCUT2D eigenvalue weighted by Crippen LogP contribution is 2.54. The topological polar surface area (TPSA) is 199 Å². The molecule has 2 aromatic heterocycles. The molecule has 2 unspecified atom stereocenters. The van der Waals surface area contributed by atoms with E-state index in [0.717, 1.165) is 75.6 Å². The summed E-state index contributed by atoms with van der Waals surface area (Å²) in [5.74, 6) is 0.869. The summed E-state index contributed by atoms with van der Waals surface area (Å²) in [4.78, 5) is 20.7. The molecule has 0 amide bonds. The van der Waals surface area contributed by atoms with Crippen LogP contribution in [0.3, 0.4) is 0 Å². The Labute approximate surface area is 427 Å². The molecule has 15 nitrogen and oxygen atoms in total. The number of phenolic OH excluding ortho intramolecular Hbond substituents is 4. The first-order valence-corrected chi connectivity index (χ1v) is 25.5. The van der Waals surface area contributed by atoms with Gasteiger partial charge in [0.1, 0.15) is 58.4 Å². The largest absolute Gasteiger partial charge is 0.508 e.